The van der Waals surface area contributed by atoms with Crippen molar-refractivity contribution in [3.63, 3.8) is 0 Å². The van der Waals surface area contributed by atoms with E-state index in [9.17, 15) is 9.90 Å². The largest absolute Gasteiger partial charge is 0.478 e. The minimum atomic E-state index is -0.904. The van der Waals surface area contributed by atoms with Crippen LogP contribution in [0.15, 0.2) is 60.2 Å². The fourth-order valence-electron chi connectivity index (χ4n) is 4.05. The van der Waals surface area contributed by atoms with Crippen molar-refractivity contribution in [3.8, 4) is 0 Å². The Morgan fingerprint density at radius 1 is 0.808 bits per heavy atom. The van der Waals surface area contributed by atoms with Crippen LogP contribution in [0, 0.1) is 0 Å². The van der Waals surface area contributed by atoms with Gasteiger partial charge in [0.25, 0.3) is 0 Å². The zero-order valence-corrected chi connectivity index (χ0v) is 15.9. The van der Waals surface area contributed by atoms with E-state index in [-0.39, 0.29) is 11.2 Å². The van der Waals surface area contributed by atoms with Gasteiger partial charge in [0.1, 0.15) is 0 Å². The highest BCUT2D eigenvalue weighted by Crippen LogP contribution is 2.43. The predicted octanol–water partition coefficient (Wildman–Crippen LogP) is 5.55. The number of hydrogen-bond donors (Lipinski definition) is 1. The molecule has 2 aromatic rings. The van der Waals surface area contributed by atoms with Crippen LogP contribution in [-0.4, -0.2) is 22.3 Å². The van der Waals surface area contributed by atoms with E-state index in [0.717, 1.165) is 24.0 Å². The predicted molar refractivity (Wildman–Crippen MR) is 104 cm³/mol. The van der Waals surface area contributed by atoms with Crippen molar-refractivity contribution < 1.29 is 14.6 Å². The van der Waals surface area contributed by atoms with Crippen molar-refractivity contribution in [1.82, 2.24) is 0 Å². The summed E-state index contributed by atoms with van der Waals surface area (Å²) in [6.07, 6.45) is 1.70. The number of carboxylic acid groups (broad SMARTS) is 1. The Morgan fingerprint density at radius 2 is 1.27 bits per heavy atom. The van der Waals surface area contributed by atoms with Gasteiger partial charge in [0.05, 0.1) is 16.8 Å². The van der Waals surface area contributed by atoms with Gasteiger partial charge >= 0.3 is 5.97 Å². The van der Waals surface area contributed by atoms with E-state index < -0.39 is 5.97 Å². The molecular weight excluding hydrogens is 324 g/mol. The number of aromatic carboxylic acids is 1. The molecule has 1 saturated heterocycles. The van der Waals surface area contributed by atoms with Gasteiger partial charge in [0, 0.05) is 0 Å². The normalized spacial score (nSPS) is 18.4. The fraction of sp³-hybridized carbons (Fsp3) is 0.348. The van der Waals surface area contributed by atoms with Crippen LogP contribution in [0.5, 0.6) is 0 Å². The van der Waals surface area contributed by atoms with Crippen molar-refractivity contribution in [2.45, 2.75) is 51.7 Å². The standard InChI is InChI=1S/C23H26O3/c1-22(2)14-19(15-23(3,4)26-22)20(16-8-6-5-7-9-16)17-10-12-18(13-11-17)21(24)25/h5-13H,14-15H2,1-4H3,(H,24,25). The summed E-state index contributed by atoms with van der Waals surface area (Å²) in [6.45, 7) is 8.52. The van der Waals surface area contributed by atoms with Crippen LogP contribution >= 0.6 is 0 Å². The molecule has 26 heavy (non-hydrogen) atoms. The van der Waals surface area contributed by atoms with Crippen LogP contribution in [-0.2, 0) is 4.74 Å². The third-order valence-electron chi connectivity index (χ3n) is 4.67. The third-order valence-corrected chi connectivity index (χ3v) is 4.67. The number of carbonyl (C=O) groups is 1. The number of benzene rings is 2. The highest BCUT2D eigenvalue weighted by molar-refractivity contribution is 5.89. The number of ether oxygens (including phenoxy) is 1. The van der Waals surface area contributed by atoms with Crippen molar-refractivity contribution in [2.75, 3.05) is 0 Å². The molecule has 1 N–H and O–H groups in total. The quantitative estimate of drug-likeness (QED) is 0.789. The lowest BCUT2D eigenvalue weighted by molar-refractivity contribution is -0.138. The van der Waals surface area contributed by atoms with Gasteiger partial charge in [-0.1, -0.05) is 48.0 Å². The Balaban J connectivity index is 2.17. The summed E-state index contributed by atoms with van der Waals surface area (Å²) in [4.78, 5) is 11.2. The van der Waals surface area contributed by atoms with E-state index in [2.05, 4.69) is 39.8 Å². The molecular formula is C23H26O3. The monoisotopic (exact) mass is 350 g/mol. The van der Waals surface area contributed by atoms with E-state index in [0.29, 0.717) is 5.56 Å². The summed E-state index contributed by atoms with van der Waals surface area (Å²) in [5.41, 5.74) is 4.56. The van der Waals surface area contributed by atoms with Crippen molar-refractivity contribution in [2.24, 2.45) is 0 Å². The second-order valence-electron chi connectivity index (χ2n) is 8.20. The maximum atomic E-state index is 11.2. The topological polar surface area (TPSA) is 46.5 Å². The Labute approximate surface area is 155 Å². The van der Waals surface area contributed by atoms with Gasteiger partial charge in [0.2, 0.25) is 0 Å². The first kappa shape index (κ1) is 18.4. The molecule has 1 aliphatic rings. The summed E-state index contributed by atoms with van der Waals surface area (Å²) >= 11 is 0. The zero-order chi connectivity index (χ0) is 18.9. The summed E-state index contributed by atoms with van der Waals surface area (Å²) in [6, 6.07) is 17.5. The van der Waals surface area contributed by atoms with Crippen molar-refractivity contribution in [3.05, 3.63) is 76.9 Å². The zero-order valence-electron chi connectivity index (χ0n) is 15.9. The summed E-state index contributed by atoms with van der Waals surface area (Å²) < 4.78 is 6.25. The molecule has 0 aliphatic carbocycles. The van der Waals surface area contributed by atoms with E-state index in [1.807, 2.05) is 30.3 Å². The molecule has 0 saturated carbocycles. The van der Waals surface area contributed by atoms with Crippen LogP contribution < -0.4 is 0 Å². The molecule has 0 bridgehead atoms. The summed E-state index contributed by atoms with van der Waals surface area (Å²) in [7, 11) is 0. The maximum Gasteiger partial charge on any atom is 0.335 e. The first-order valence-corrected chi connectivity index (χ1v) is 8.98. The van der Waals surface area contributed by atoms with Crippen LogP contribution in [0.25, 0.3) is 5.57 Å². The third kappa shape index (κ3) is 4.05. The summed E-state index contributed by atoms with van der Waals surface area (Å²) in [5, 5.41) is 9.19. The summed E-state index contributed by atoms with van der Waals surface area (Å²) in [5.74, 6) is -0.904. The molecule has 1 aliphatic heterocycles. The van der Waals surface area contributed by atoms with Crippen LogP contribution in [0.1, 0.15) is 62.0 Å². The lowest BCUT2D eigenvalue weighted by atomic mass is 9.79. The molecule has 0 amide bonds. The molecule has 0 radical (unpaired) electrons. The van der Waals surface area contributed by atoms with Crippen LogP contribution in [0.2, 0.25) is 0 Å². The molecule has 1 fully saturated rings. The molecule has 0 aromatic heterocycles. The first-order chi connectivity index (χ1) is 12.2. The van der Waals surface area contributed by atoms with E-state index in [4.69, 9.17) is 4.74 Å². The van der Waals surface area contributed by atoms with Gasteiger partial charge < -0.3 is 9.84 Å². The molecule has 3 nitrogen and oxygen atoms in total. The molecule has 3 heteroatoms. The molecule has 3 rings (SSSR count). The smallest absolute Gasteiger partial charge is 0.335 e. The van der Waals surface area contributed by atoms with Crippen LogP contribution in [0.4, 0.5) is 0 Å². The molecule has 2 aromatic carbocycles. The van der Waals surface area contributed by atoms with E-state index in [1.165, 1.54) is 11.1 Å². The van der Waals surface area contributed by atoms with Gasteiger partial charge in [-0.2, -0.15) is 0 Å². The molecule has 0 spiro atoms. The lowest BCUT2D eigenvalue weighted by Gasteiger charge is -2.43. The fourth-order valence-corrected chi connectivity index (χ4v) is 4.05. The van der Waals surface area contributed by atoms with Gasteiger partial charge in [-0.05, 0) is 69.4 Å². The van der Waals surface area contributed by atoms with Crippen molar-refractivity contribution >= 4 is 11.5 Å². The van der Waals surface area contributed by atoms with E-state index >= 15 is 0 Å². The Morgan fingerprint density at radius 3 is 1.77 bits per heavy atom. The minimum absolute atomic E-state index is 0.238. The van der Waals surface area contributed by atoms with Gasteiger partial charge in [-0.15, -0.1) is 0 Å². The van der Waals surface area contributed by atoms with Gasteiger partial charge in [-0.3, -0.25) is 0 Å². The highest BCUT2D eigenvalue weighted by Gasteiger charge is 2.37. The average molecular weight is 350 g/mol. The number of rotatable bonds is 3. The molecule has 1 heterocycles. The van der Waals surface area contributed by atoms with Crippen molar-refractivity contribution in [1.29, 1.82) is 0 Å². The average Bonchev–Trinajstić information content (AvgIpc) is 2.53. The van der Waals surface area contributed by atoms with E-state index in [1.54, 1.807) is 12.1 Å². The molecule has 136 valence electrons. The second kappa shape index (κ2) is 6.73. The second-order valence-corrected chi connectivity index (χ2v) is 8.20. The lowest BCUT2D eigenvalue weighted by Crippen LogP contribution is -2.42. The highest BCUT2D eigenvalue weighted by atomic mass is 16.5. The SMILES string of the molecule is CC1(C)CC(=C(c2ccccc2)c2ccc(C(=O)O)cc2)CC(C)(C)O1. The molecule has 0 unspecified atom stereocenters. The first-order valence-electron chi connectivity index (χ1n) is 8.98. The van der Waals surface area contributed by atoms with Crippen LogP contribution in [0.3, 0.4) is 0 Å². The Bertz CT molecular complexity index is 810. The minimum Gasteiger partial charge on any atom is -0.478 e. The number of hydrogen-bond acceptors (Lipinski definition) is 2. The Hall–Kier alpha value is -2.39. The molecule has 0 atom stereocenters. The number of carboxylic acids is 1. The van der Waals surface area contributed by atoms with Gasteiger partial charge in [0.15, 0.2) is 0 Å². The van der Waals surface area contributed by atoms with Gasteiger partial charge in [-0.25, -0.2) is 4.79 Å². The maximum absolute atomic E-state index is 11.2. The Kier molecular flexibility index (Phi) is 4.76.